The van der Waals surface area contributed by atoms with Gasteiger partial charge in [0.25, 0.3) is 0 Å². The molecule has 0 bridgehead atoms. The lowest BCUT2D eigenvalue weighted by molar-refractivity contribution is 0.0697. The van der Waals surface area contributed by atoms with Gasteiger partial charge in [-0.05, 0) is 6.07 Å². The molecule has 15 heavy (non-hydrogen) atoms. The lowest BCUT2D eigenvalue weighted by Crippen LogP contribution is -2.19. The first-order chi connectivity index (χ1) is 7.07. The number of carbonyl (C=O) groups is 1. The number of carboxylic acid groups (broad SMARTS) is 1. The zero-order chi connectivity index (χ0) is 11.4. The van der Waals surface area contributed by atoms with Crippen molar-refractivity contribution in [2.75, 3.05) is 18.5 Å². The highest BCUT2D eigenvalue weighted by Gasteiger charge is 2.15. The Bertz CT molecular complexity index is 426. The average Bonchev–Trinajstić information content (AvgIpc) is 2.17. The molecule has 0 fully saturated rings. The van der Waals surface area contributed by atoms with Crippen molar-refractivity contribution in [3.8, 4) is 12.3 Å². The minimum Gasteiger partial charge on any atom is -0.478 e. The van der Waals surface area contributed by atoms with Crippen LogP contribution in [0, 0.1) is 12.3 Å². The molecule has 1 N–H and O–H groups in total. The summed E-state index contributed by atoms with van der Waals surface area (Å²) in [7, 11) is 1.69. The number of anilines is 1. The Morgan fingerprint density at radius 1 is 1.80 bits per heavy atom. The van der Waals surface area contributed by atoms with Gasteiger partial charge in [-0.15, -0.1) is 6.42 Å². The molecule has 0 aromatic carbocycles. The van der Waals surface area contributed by atoms with Gasteiger partial charge in [0.1, 0.15) is 5.82 Å². The molecule has 0 amide bonds. The summed E-state index contributed by atoms with van der Waals surface area (Å²) in [5.74, 6) is 1.71. The number of terminal acetylenes is 1. The van der Waals surface area contributed by atoms with Crippen molar-refractivity contribution in [1.82, 2.24) is 4.98 Å². The SMILES string of the molecule is C#CCN(C)c1nccc(C(=O)O)c1Cl. The largest absolute Gasteiger partial charge is 0.478 e. The van der Waals surface area contributed by atoms with E-state index in [-0.39, 0.29) is 10.6 Å². The van der Waals surface area contributed by atoms with Crippen LogP contribution < -0.4 is 4.90 Å². The third kappa shape index (κ3) is 2.39. The summed E-state index contributed by atoms with van der Waals surface area (Å²) in [5.41, 5.74) is 0.0190. The van der Waals surface area contributed by atoms with Gasteiger partial charge in [0, 0.05) is 13.2 Å². The van der Waals surface area contributed by atoms with Gasteiger partial charge in [-0.1, -0.05) is 17.5 Å². The first-order valence-corrected chi connectivity index (χ1v) is 4.48. The smallest absolute Gasteiger partial charge is 0.337 e. The summed E-state index contributed by atoms with van der Waals surface area (Å²) >= 11 is 5.88. The molecule has 0 saturated carbocycles. The van der Waals surface area contributed by atoms with E-state index in [2.05, 4.69) is 10.9 Å². The van der Waals surface area contributed by atoms with Gasteiger partial charge in [0.15, 0.2) is 0 Å². The maximum atomic E-state index is 10.8. The van der Waals surface area contributed by atoms with Crippen LogP contribution in [0.1, 0.15) is 10.4 Å². The van der Waals surface area contributed by atoms with Crippen molar-refractivity contribution in [3.63, 3.8) is 0 Å². The Kier molecular flexibility index (Phi) is 3.53. The van der Waals surface area contributed by atoms with Crippen LogP contribution in [-0.2, 0) is 0 Å². The predicted molar refractivity (Wildman–Crippen MR) is 58.3 cm³/mol. The molecule has 5 heteroatoms. The normalized spacial score (nSPS) is 9.40. The Hall–Kier alpha value is -1.73. The van der Waals surface area contributed by atoms with Gasteiger partial charge in [-0.25, -0.2) is 9.78 Å². The number of carboxylic acids is 1. The fraction of sp³-hybridized carbons (Fsp3) is 0.200. The van der Waals surface area contributed by atoms with Crippen LogP contribution in [0.3, 0.4) is 0 Å². The third-order valence-corrected chi connectivity index (χ3v) is 2.16. The van der Waals surface area contributed by atoms with Crippen molar-refractivity contribution in [2.24, 2.45) is 0 Å². The third-order valence-electron chi connectivity index (χ3n) is 1.79. The molecule has 1 aromatic rings. The van der Waals surface area contributed by atoms with Gasteiger partial charge >= 0.3 is 5.97 Å². The molecular weight excluding hydrogens is 216 g/mol. The van der Waals surface area contributed by atoms with Gasteiger partial charge in [0.2, 0.25) is 0 Å². The summed E-state index contributed by atoms with van der Waals surface area (Å²) < 4.78 is 0. The van der Waals surface area contributed by atoms with E-state index in [1.807, 2.05) is 0 Å². The molecule has 0 unspecified atom stereocenters. The maximum Gasteiger partial charge on any atom is 0.337 e. The molecule has 1 heterocycles. The Labute approximate surface area is 92.5 Å². The number of nitrogens with zero attached hydrogens (tertiary/aromatic N) is 2. The van der Waals surface area contributed by atoms with Gasteiger partial charge in [0.05, 0.1) is 17.1 Å². The molecule has 0 spiro atoms. The molecule has 0 aliphatic carbocycles. The minimum atomic E-state index is -1.09. The van der Waals surface area contributed by atoms with Crippen LogP contribution in [0.2, 0.25) is 5.02 Å². The summed E-state index contributed by atoms with van der Waals surface area (Å²) in [6.45, 7) is 0.315. The average molecular weight is 225 g/mol. The molecule has 0 atom stereocenters. The van der Waals surface area contributed by atoms with Crippen molar-refractivity contribution in [2.45, 2.75) is 0 Å². The zero-order valence-electron chi connectivity index (χ0n) is 8.07. The highest BCUT2D eigenvalue weighted by Crippen LogP contribution is 2.25. The van der Waals surface area contributed by atoms with E-state index in [1.165, 1.54) is 12.3 Å². The number of hydrogen-bond acceptors (Lipinski definition) is 3. The van der Waals surface area contributed by atoms with E-state index in [0.717, 1.165) is 0 Å². The van der Waals surface area contributed by atoms with Crippen LogP contribution in [0.4, 0.5) is 5.82 Å². The molecule has 4 nitrogen and oxygen atoms in total. The van der Waals surface area contributed by atoms with E-state index in [1.54, 1.807) is 11.9 Å². The standard InChI is InChI=1S/C10H9ClN2O2/c1-3-6-13(2)9-8(11)7(10(14)15)4-5-12-9/h1,4-5H,6H2,2H3,(H,14,15). The highest BCUT2D eigenvalue weighted by atomic mass is 35.5. The van der Waals surface area contributed by atoms with E-state index < -0.39 is 5.97 Å². The molecule has 0 aliphatic rings. The lowest BCUT2D eigenvalue weighted by atomic mass is 10.2. The summed E-state index contributed by atoms with van der Waals surface area (Å²) in [6, 6.07) is 1.35. The lowest BCUT2D eigenvalue weighted by Gasteiger charge is -2.16. The first-order valence-electron chi connectivity index (χ1n) is 4.10. The van der Waals surface area contributed by atoms with Crippen molar-refractivity contribution in [3.05, 3.63) is 22.8 Å². The molecule has 1 rings (SSSR count). The van der Waals surface area contributed by atoms with Crippen LogP contribution in [0.25, 0.3) is 0 Å². The van der Waals surface area contributed by atoms with Gasteiger partial charge in [-0.3, -0.25) is 0 Å². The van der Waals surface area contributed by atoms with Crippen molar-refractivity contribution in [1.29, 1.82) is 0 Å². The number of hydrogen-bond donors (Lipinski definition) is 1. The topological polar surface area (TPSA) is 53.4 Å². The molecule has 78 valence electrons. The molecule has 0 radical (unpaired) electrons. The van der Waals surface area contributed by atoms with Crippen LogP contribution in [-0.4, -0.2) is 29.7 Å². The maximum absolute atomic E-state index is 10.8. The molecular formula is C10H9ClN2O2. The summed E-state index contributed by atoms with van der Waals surface area (Å²) in [6.07, 6.45) is 6.52. The number of halogens is 1. The van der Waals surface area contributed by atoms with E-state index in [9.17, 15) is 4.79 Å². The zero-order valence-corrected chi connectivity index (χ0v) is 8.82. The first kappa shape index (κ1) is 11.3. The Morgan fingerprint density at radius 2 is 2.47 bits per heavy atom. The van der Waals surface area contributed by atoms with E-state index in [4.69, 9.17) is 23.1 Å². The van der Waals surface area contributed by atoms with Crippen LogP contribution >= 0.6 is 11.6 Å². The predicted octanol–water partition coefficient (Wildman–Crippen LogP) is 1.50. The van der Waals surface area contributed by atoms with Crippen molar-refractivity contribution >= 4 is 23.4 Å². The molecule has 0 aliphatic heterocycles. The second kappa shape index (κ2) is 4.67. The fourth-order valence-corrected chi connectivity index (χ4v) is 1.41. The quantitative estimate of drug-likeness (QED) is 0.791. The van der Waals surface area contributed by atoms with Gasteiger partial charge in [-0.2, -0.15) is 0 Å². The minimum absolute atomic E-state index is 0.0190. The van der Waals surface area contributed by atoms with Crippen LogP contribution in [0.5, 0.6) is 0 Å². The highest BCUT2D eigenvalue weighted by molar-refractivity contribution is 6.35. The number of pyridine rings is 1. The van der Waals surface area contributed by atoms with E-state index >= 15 is 0 Å². The van der Waals surface area contributed by atoms with Gasteiger partial charge < -0.3 is 10.0 Å². The Balaban J connectivity index is 3.16. The number of rotatable bonds is 3. The molecule has 1 aromatic heterocycles. The fourth-order valence-electron chi connectivity index (χ4n) is 1.08. The number of aromatic nitrogens is 1. The number of aromatic carboxylic acids is 1. The second-order valence-electron chi connectivity index (χ2n) is 2.86. The van der Waals surface area contributed by atoms with Crippen LogP contribution in [0.15, 0.2) is 12.3 Å². The second-order valence-corrected chi connectivity index (χ2v) is 3.24. The molecule has 0 saturated heterocycles. The van der Waals surface area contributed by atoms with Crippen molar-refractivity contribution < 1.29 is 9.90 Å². The monoisotopic (exact) mass is 224 g/mol. The summed E-state index contributed by atoms with van der Waals surface area (Å²) in [5, 5.41) is 8.93. The Morgan fingerprint density at radius 3 is 3.00 bits per heavy atom. The van der Waals surface area contributed by atoms with E-state index in [0.29, 0.717) is 12.4 Å². The summed E-state index contributed by atoms with van der Waals surface area (Å²) in [4.78, 5) is 16.4.